The highest BCUT2D eigenvalue weighted by molar-refractivity contribution is 9.10. The highest BCUT2D eigenvalue weighted by Gasteiger charge is 2.17. The van der Waals surface area contributed by atoms with Gasteiger partial charge < -0.3 is 9.30 Å². The van der Waals surface area contributed by atoms with E-state index in [0.717, 1.165) is 37.7 Å². The fourth-order valence-corrected chi connectivity index (χ4v) is 3.81. The molecule has 2 aromatic carbocycles. The summed E-state index contributed by atoms with van der Waals surface area (Å²) in [4.78, 5) is 8.52. The number of methoxy groups -OCH3 is 1. The van der Waals surface area contributed by atoms with Crippen molar-refractivity contribution < 1.29 is 4.74 Å². The van der Waals surface area contributed by atoms with Crippen LogP contribution >= 0.6 is 39.1 Å². The molecular formula is C18H12BrCl2N3O. The SMILES string of the molecule is COc1ccc(Cn2c3ccc(Br)cc3c3nc(Cl)nc(Cl)c32)cc1. The average Bonchev–Trinajstić information content (AvgIpc) is 2.89. The van der Waals surface area contributed by atoms with Crippen LogP contribution in [0.1, 0.15) is 5.56 Å². The van der Waals surface area contributed by atoms with Crippen LogP contribution in [0.2, 0.25) is 10.4 Å². The van der Waals surface area contributed by atoms with E-state index in [1.807, 2.05) is 42.5 Å². The number of hydrogen-bond donors (Lipinski definition) is 0. The lowest BCUT2D eigenvalue weighted by Gasteiger charge is -2.09. The van der Waals surface area contributed by atoms with Gasteiger partial charge in [-0.1, -0.05) is 39.7 Å². The highest BCUT2D eigenvalue weighted by atomic mass is 79.9. The largest absolute Gasteiger partial charge is 0.497 e. The third kappa shape index (κ3) is 2.97. The first-order chi connectivity index (χ1) is 12.1. The Kier molecular flexibility index (Phi) is 4.31. The molecule has 0 spiro atoms. The molecule has 7 heteroatoms. The Balaban J connectivity index is 1.96. The molecule has 0 fully saturated rings. The molecule has 2 heterocycles. The summed E-state index contributed by atoms with van der Waals surface area (Å²) in [5.41, 5.74) is 3.66. The van der Waals surface area contributed by atoms with Crippen LogP contribution in [0.4, 0.5) is 0 Å². The van der Waals surface area contributed by atoms with Gasteiger partial charge >= 0.3 is 0 Å². The summed E-state index contributed by atoms with van der Waals surface area (Å²) in [5.74, 6) is 0.822. The number of ether oxygens (including phenoxy) is 1. The summed E-state index contributed by atoms with van der Waals surface area (Å²) in [5, 5.41) is 1.46. The normalized spacial score (nSPS) is 11.4. The molecule has 0 radical (unpaired) electrons. The quantitative estimate of drug-likeness (QED) is 0.305. The Hall–Kier alpha value is -1.82. The van der Waals surface area contributed by atoms with Crippen LogP contribution in [-0.4, -0.2) is 21.6 Å². The molecule has 0 saturated heterocycles. The first-order valence-electron chi connectivity index (χ1n) is 7.50. The van der Waals surface area contributed by atoms with Gasteiger partial charge in [-0.2, -0.15) is 0 Å². The van der Waals surface area contributed by atoms with Crippen molar-refractivity contribution >= 4 is 61.1 Å². The third-order valence-electron chi connectivity index (χ3n) is 4.09. The van der Waals surface area contributed by atoms with E-state index in [0.29, 0.717) is 11.7 Å². The predicted octanol–water partition coefficient (Wildman–Crippen LogP) is 5.71. The maximum absolute atomic E-state index is 6.40. The molecule has 0 aliphatic rings. The summed E-state index contributed by atoms with van der Waals surface area (Å²) in [7, 11) is 1.65. The standard InChI is InChI=1S/C18H12BrCl2N3O/c1-25-12-5-2-10(3-6-12)9-24-14-7-4-11(19)8-13(14)15-16(24)17(20)23-18(21)22-15/h2-8H,9H2,1H3. The molecule has 0 saturated carbocycles. The predicted molar refractivity (Wildman–Crippen MR) is 105 cm³/mol. The van der Waals surface area contributed by atoms with Gasteiger partial charge in [0.25, 0.3) is 0 Å². The molecule has 0 aliphatic heterocycles. The Labute approximate surface area is 162 Å². The number of rotatable bonds is 3. The summed E-state index contributed by atoms with van der Waals surface area (Å²) in [6.07, 6.45) is 0. The Bertz CT molecular complexity index is 1090. The van der Waals surface area contributed by atoms with Crippen molar-refractivity contribution in [2.45, 2.75) is 6.54 Å². The molecule has 4 aromatic rings. The number of benzene rings is 2. The molecule has 0 unspecified atom stereocenters. The number of hydrogen-bond acceptors (Lipinski definition) is 3. The van der Waals surface area contributed by atoms with Crippen LogP contribution in [0, 0.1) is 0 Å². The minimum Gasteiger partial charge on any atom is -0.497 e. The van der Waals surface area contributed by atoms with E-state index in [1.54, 1.807) is 7.11 Å². The second kappa shape index (κ2) is 6.48. The molecule has 0 N–H and O–H groups in total. The lowest BCUT2D eigenvalue weighted by Crippen LogP contribution is -2.01. The van der Waals surface area contributed by atoms with Gasteiger partial charge in [-0.3, -0.25) is 0 Å². The summed E-state index contributed by atoms with van der Waals surface area (Å²) < 4.78 is 8.30. The van der Waals surface area contributed by atoms with Gasteiger partial charge in [0, 0.05) is 16.4 Å². The zero-order chi connectivity index (χ0) is 17.6. The molecular weight excluding hydrogens is 425 g/mol. The van der Waals surface area contributed by atoms with E-state index in [4.69, 9.17) is 27.9 Å². The van der Waals surface area contributed by atoms with Crippen molar-refractivity contribution in [1.82, 2.24) is 14.5 Å². The van der Waals surface area contributed by atoms with Crippen LogP contribution in [-0.2, 0) is 6.54 Å². The first kappa shape index (κ1) is 16.6. The Morgan fingerprint density at radius 2 is 1.84 bits per heavy atom. The smallest absolute Gasteiger partial charge is 0.224 e. The van der Waals surface area contributed by atoms with E-state index in [9.17, 15) is 0 Å². The third-order valence-corrected chi connectivity index (χ3v) is 5.01. The van der Waals surface area contributed by atoms with E-state index >= 15 is 0 Å². The van der Waals surface area contributed by atoms with Crippen LogP contribution in [0.25, 0.3) is 21.9 Å². The van der Waals surface area contributed by atoms with E-state index < -0.39 is 0 Å². The second-order valence-electron chi connectivity index (χ2n) is 5.58. The van der Waals surface area contributed by atoms with E-state index in [1.165, 1.54) is 0 Å². The minimum absolute atomic E-state index is 0.140. The van der Waals surface area contributed by atoms with Crippen molar-refractivity contribution in [3.8, 4) is 5.75 Å². The van der Waals surface area contributed by atoms with Crippen molar-refractivity contribution in [1.29, 1.82) is 0 Å². The van der Waals surface area contributed by atoms with Crippen LogP contribution < -0.4 is 4.74 Å². The fourth-order valence-electron chi connectivity index (χ4n) is 2.96. The van der Waals surface area contributed by atoms with E-state index in [2.05, 4.69) is 30.5 Å². The average molecular weight is 437 g/mol. The highest BCUT2D eigenvalue weighted by Crippen LogP contribution is 2.34. The van der Waals surface area contributed by atoms with Crippen molar-refractivity contribution in [3.05, 3.63) is 62.9 Å². The molecule has 0 atom stereocenters. The summed E-state index contributed by atoms with van der Waals surface area (Å²) >= 11 is 15.9. The summed E-state index contributed by atoms with van der Waals surface area (Å²) in [6.45, 7) is 0.635. The second-order valence-corrected chi connectivity index (χ2v) is 7.19. The van der Waals surface area contributed by atoms with E-state index in [-0.39, 0.29) is 5.28 Å². The zero-order valence-electron chi connectivity index (χ0n) is 13.1. The first-order valence-corrected chi connectivity index (χ1v) is 9.05. The lowest BCUT2D eigenvalue weighted by molar-refractivity contribution is 0.414. The van der Waals surface area contributed by atoms with Crippen molar-refractivity contribution in [2.24, 2.45) is 0 Å². The van der Waals surface area contributed by atoms with Gasteiger partial charge in [0.1, 0.15) is 16.8 Å². The number of nitrogens with zero attached hydrogens (tertiary/aromatic N) is 3. The van der Waals surface area contributed by atoms with Gasteiger partial charge in [-0.15, -0.1) is 0 Å². The fraction of sp³-hybridized carbons (Fsp3) is 0.111. The Morgan fingerprint density at radius 3 is 2.56 bits per heavy atom. The lowest BCUT2D eigenvalue weighted by atomic mass is 10.2. The number of aromatic nitrogens is 3. The maximum atomic E-state index is 6.40. The summed E-state index contributed by atoms with van der Waals surface area (Å²) in [6, 6.07) is 14.0. The van der Waals surface area contributed by atoms with Gasteiger partial charge in [0.15, 0.2) is 5.15 Å². The van der Waals surface area contributed by atoms with Gasteiger partial charge in [0.2, 0.25) is 5.28 Å². The molecule has 4 nitrogen and oxygen atoms in total. The zero-order valence-corrected chi connectivity index (χ0v) is 16.2. The minimum atomic E-state index is 0.140. The topological polar surface area (TPSA) is 39.9 Å². The maximum Gasteiger partial charge on any atom is 0.224 e. The van der Waals surface area contributed by atoms with Crippen molar-refractivity contribution in [2.75, 3.05) is 7.11 Å². The van der Waals surface area contributed by atoms with Crippen molar-refractivity contribution in [3.63, 3.8) is 0 Å². The van der Waals surface area contributed by atoms with Gasteiger partial charge in [-0.25, -0.2) is 9.97 Å². The van der Waals surface area contributed by atoms with Crippen LogP contribution in [0.5, 0.6) is 5.75 Å². The molecule has 4 rings (SSSR count). The van der Waals surface area contributed by atoms with Crippen LogP contribution in [0.3, 0.4) is 0 Å². The molecule has 25 heavy (non-hydrogen) atoms. The monoisotopic (exact) mass is 435 g/mol. The molecule has 2 aromatic heterocycles. The molecule has 126 valence electrons. The van der Waals surface area contributed by atoms with Crippen LogP contribution in [0.15, 0.2) is 46.9 Å². The van der Waals surface area contributed by atoms with Gasteiger partial charge in [-0.05, 0) is 47.5 Å². The number of halogens is 3. The van der Waals surface area contributed by atoms with Gasteiger partial charge in [0.05, 0.1) is 12.6 Å². The molecule has 0 aliphatic carbocycles. The molecule has 0 bridgehead atoms. The Morgan fingerprint density at radius 1 is 1.08 bits per heavy atom. The number of fused-ring (bicyclic) bond motifs is 3. The molecule has 0 amide bonds.